The first-order chi connectivity index (χ1) is 7.70. The molecule has 0 fully saturated rings. The molecule has 4 nitrogen and oxygen atoms in total. The Morgan fingerprint density at radius 3 is 2.56 bits per heavy atom. The first-order valence-electron chi connectivity index (χ1n) is 4.99. The van der Waals surface area contributed by atoms with Crippen molar-refractivity contribution in [1.29, 1.82) is 0 Å². The van der Waals surface area contributed by atoms with Gasteiger partial charge in [0.15, 0.2) is 0 Å². The summed E-state index contributed by atoms with van der Waals surface area (Å²) in [6.07, 6.45) is 2.43. The summed E-state index contributed by atoms with van der Waals surface area (Å²) in [6, 6.07) is 6.45. The van der Waals surface area contributed by atoms with Gasteiger partial charge in [-0.2, -0.15) is 0 Å². The van der Waals surface area contributed by atoms with Gasteiger partial charge in [0.1, 0.15) is 6.26 Å². The first-order valence-corrected chi connectivity index (χ1v) is 4.99. The zero-order valence-electron chi connectivity index (χ0n) is 8.80. The molecule has 0 radical (unpaired) electrons. The third-order valence-corrected chi connectivity index (χ3v) is 2.29. The van der Waals surface area contributed by atoms with Crippen molar-refractivity contribution in [1.82, 2.24) is 4.98 Å². The maximum atomic E-state index is 10.7. The van der Waals surface area contributed by atoms with Crippen molar-refractivity contribution in [2.24, 2.45) is 0 Å². The van der Waals surface area contributed by atoms with E-state index >= 15 is 0 Å². The zero-order valence-corrected chi connectivity index (χ0v) is 8.80. The standard InChI is InChI=1S/C12H11NO3/c1-2-10-7-16-11(13-10)8-3-5-9(6-4-8)12(14)15/h3-7H,2H2,1H3,(H,14,15). The predicted octanol–water partition coefficient (Wildman–Crippen LogP) is 2.60. The highest BCUT2D eigenvalue weighted by atomic mass is 16.4. The van der Waals surface area contributed by atoms with E-state index in [1.54, 1.807) is 18.4 Å². The van der Waals surface area contributed by atoms with Crippen LogP contribution in [0.15, 0.2) is 34.9 Å². The molecule has 0 saturated carbocycles. The summed E-state index contributed by atoms with van der Waals surface area (Å²) < 4.78 is 5.28. The molecular formula is C12H11NO3. The fraction of sp³-hybridized carbons (Fsp3) is 0.167. The Balaban J connectivity index is 2.30. The Labute approximate surface area is 92.6 Å². The number of aryl methyl sites for hydroxylation is 1. The summed E-state index contributed by atoms with van der Waals surface area (Å²) in [4.78, 5) is 14.9. The average molecular weight is 217 g/mol. The number of carboxylic acids is 1. The van der Waals surface area contributed by atoms with Crippen LogP contribution >= 0.6 is 0 Å². The van der Waals surface area contributed by atoms with Crippen molar-refractivity contribution < 1.29 is 14.3 Å². The molecule has 0 saturated heterocycles. The Morgan fingerprint density at radius 2 is 2.06 bits per heavy atom. The molecule has 1 aromatic carbocycles. The van der Waals surface area contributed by atoms with Gasteiger partial charge in [-0.25, -0.2) is 9.78 Å². The van der Waals surface area contributed by atoms with Crippen molar-refractivity contribution in [2.45, 2.75) is 13.3 Å². The van der Waals surface area contributed by atoms with Gasteiger partial charge in [-0.05, 0) is 30.7 Å². The van der Waals surface area contributed by atoms with Gasteiger partial charge in [0.2, 0.25) is 5.89 Å². The topological polar surface area (TPSA) is 63.3 Å². The van der Waals surface area contributed by atoms with Gasteiger partial charge in [-0.3, -0.25) is 0 Å². The second-order valence-electron chi connectivity index (χ2n) is 3.38. The van der Waals surface area contributed by atoms with Gasteiger partial charge in [0.05, 0.1) is 11.3 Å². The number of hydrogen-bond donors (Lipinski definition) is 1. The number of nitrogens with zero attached hydrogens (tertiary/aromatic N) is 1. The maximum Gasteiger partial charge on any atom is 0.335 e. The Hall–Kier alpha value is -2.10. The minimum absolute atomic E-state index is 0.256. The van der Waals surface area contributed by atoms with Gasteiger partial charge >= 0.3 is 5.97 Å². The second-order valence-corrected chi connectivity index (χ2v) is 3.38. The highest BCUT2D eigenvalue weighted by molar-refractivity contribution is 5.88. The van der Waals surface area contributed by atoms with Crippen molar-refractivity contribution in [3.05, 3.63) is 41.8 Å². The van der Waals surface area contributed by atoms with Gasteiger partial charge in [-0.1, -0.05) is 6.92 Å². The number of hydrogen-bond acceptors (Lipinski definition) is 3. The molecule has 0 spiro atoms. The number of aromatic carboxylic acids is 1. The number of carboxylic acid groups (broad SMARTS) is 1. The molecule has 0 bridgehead atoms. The monoisotopic (exact) mass is 217 g/mol. The van der Waals surface area contributed by atoms with Crippen molar-refractivity contribution in [2.75, 3.05) is 0 Å². The Bertz CT molecular complexity index is 499. The van der Waals surface area contributed by atoms with Crippen LogP contribution in [0, 0.1) is 0 Å². The number of carbonyl (C=O) groups is 1. The lowest BCUT2D eigenvalue weighted by Crippen LogP contribution is -1.94. The van der Waals surface area contributed by atoms with E-state index < -0.39 is 5.97 Å². The number of aromatic nitrogens is 1. The number of oxazole rings is 1. The van der Waals surface area contributed by atoms with Crippen LogP contribution in [0.4, 0.5) is 0 Å². The fourth-order valence-corrected chi connectivity index (χ4v) is 1.36. The first kappa shape index (κ1) is 10.4. The fourth-order valence-electron chi connectivity index (χ4n) is 1.36. The molecule has 1 aromatic heterocycles. The number of benzene rings is 1. The van der Waals surface area contributed by atoms with Crippen LogP contribution in [0.2, 0.25) is 0 Å². The molecule has 16 heavy (non-hydrogen) atoms. The van der Waals surface area contributed by atoms with Gasteiger partial charge in [0.25, 0.3) is 0 Å². The molecule has 1 heterocycles. The van der Waals surface area contributed by atoms with E-state index in [1.165, 1.54) is 12.1 Å². The van der Waals surface area contributed by atoms with Crippen LogP contribution < -0.4 is 0 Å². The third kappa shape index (κ3) is 1.95. The van der Waals surface area contributed by atoms with Crippen LogP contribution in [0.5, 0.6) is 0 Å². The normalized spacial score (nSPS) is 10.3. The van der Waals surface area contributed by atoms with E-state index in [9.17, 15) is 4.79 Å². The summed E-state index contributed by atoms with van der Waals surface area (Å²) >= 11 is 0. The molecule has 4 heteroatoms. The van der Waals surface area contributed by atoms with E-state index in [0.717, 1.165) is 17.7 Å². The largest absolute Gasteiger partial charge is 0.478 e. The summed E-state index contributed by atoms with van der Waals surface area (Å²) in [5.74, 6) is -0.415. The number of rotatable bonds is 3. The smallest absolute Gasteiger partial charge is 0.335 e. The molecule has 2 aromatic rings. The van der Waals surface area contributed by atoms with Crippen molar-refractivity contribution in [3.63, 3.8) is 0 Å². The molecule has 2 rings (SSSR count). The van der Waals surface area contributed by atoms with E-state index in [0.29, 0.717) is 5.89 Å². The Morgan fingerprint density at radius 1 is 1.38 bits per heavy atom. The predicted molar refractivity (Wildman–Crippen MR) is 58.3 cm³/mol. The minimum Gasteiger partial charge on any atom is -0.478 e. The molecule has 0 atom stereocenters. The summed E-state index contributed by atoms with van der Waals surface area (Å²) in [5.41, 5.74) is 1.92. The van der Waals surface area contributed by atoms with Crippen LogP contribution in [0.3, 0.4) is 0 Å². The lowest BCUT2D eigenvalue weighted by Gasteiger charge is -1.96. The molecule has 0 aliphatic rings. The van der Waals surface area contributed by atoms with E-state index in [-0.39, 0.29) is 5.56 Å². The lowest BCUT2D eigenvalue weighted by atomic mass is 10.1. The second kappa shape index (κ2) is 4.18. The highest BCUT2D eigenvalue weighted by Crippen LogP contribution is 2.19. The van der Waals surface area contributed by atoms with E-state index in [2.05, 4.69) is 4.98 Å². The summed E-state index contributed by atoms with van der Waals surface area (Å²) in [5, 5.41) is 8.75. The maximum absolute atomic E-state index is 10.7. The van der Waals surface area contributed by atoms with Gasteiger partial charge in [-0.15, -0.1) is 0 Å². The van der Waals surface area contributed by atoms with Gasteiger partial charge in [0, 0.05) is 5.56 Å². The molecule has 0 amide bonds. The molecule has 1 N–H and O–H groups in total. The third-order valence-electron chi connectivity index (χ3n) is 2.29. The highest BCUT2D eigenvalue weighted by Gasteiger charge is 2.07. The molecular weight excluding hydrogens is 206 g/mol. The average Bonchev–Trinajstić information content (AvgIpc) is 2.77. The van der Waals surface area contributed by atoms with Crippen LogP contribution in [0.25, 0.3) is 11.5 Å². The SMILES string of the molecule is CCc1coc(-c2ccc(C(=O)O)cc2)n1. The van der Waals surface area contributed by atoms with Crippen molar-refractivity contribution >= 4 is 5.97 Å². The molecule has 0 aliphatic heterocycles. The summed E-state index contributed by atoms with van der Waals surface area (Å²) in [6.45, 7) is 2.00. The molecule has 82 valence electrons. The Kier molecular flexibility index (Phi) is 2.72. The van der Waals surface area contributed by atoms with Crippen LogP contribution in [-0.4, -0.2) is 16.1 Å². The van der Waals surface area contributed by atoms with Crippen molar-refractivity contribution in [3.8, 4) is 11.5 Å². The molecule has 0 aliphatic carbocycles. The van der Waals surface area contributed by atoms with Gasteiger partial charge < -0.3 is 9.52 Å². The minimum atomic E-state index is -0.937. The molecule has 0 unspecified atom stereocenters. The summed E-state index contributed by atoms with van der Waals surface area (Å²) in [7, 11) is 0. The van der Waals surface area contributed by atoms with E-state index in [1.807, 2.05) is 6.92 Å². The lowest BCUT2D eigenvalue weighted by molar-refractivity contribution is 0.0697. The van der Waals surface area contributed by atoms with Crippen LogP contribution in [-0.2, 0) is 6.42 Å². The quantitative estimate of drug-likeness (QED) is 0.858. The van der Waals surface area contributed by atoms with E-state index in [4.69, 9.17) is 9.52 Å². The zero-order chi connectivity index (χ0) is 11.5. The van der Waals surface area contributed by atoms with Crippen LogP contribution in [0.1, 0.15) is 23.0 Å².